The second-order valence-electron chi connectivity index (χ2n) is 2.59. The summed E-state index contributed by atoms with van der Waals surface area (Å²) in [6.45, 7) is 5.72. The van der Waals surface area contributed by atoms with Crippen molar-refractivity contribution in [3.8, 4) is 0 Å². The van der Waals surface area contributed by atoms with E-state index in [9.17, 15) is 4.79 Å². The Morgan fingerprint density at radius 1 is 1.50 bits per heavy atom. The third-order valence-corrected chi connectivity index (χ3v) is 1.60. The first kappa shape index (κ1) is 8.53. The van der Waals surface area contributed by atoms with Gasteiger partial charge in [0.25, 0.3) is 0 Å². The molecule has 0 heterocycles. The number of allylic oxidation sites excluding steroid dienone is 1. The van der Waals surface area contributed by atoms with Crippen molar-refractivity contribution in [1.82, 2.24) is 0 Å². The van der Waals surface area contributed by atoms with E-state index >= 15 is 0 Å². The Hall–Kier alpha value is -1.57. The number of hydrogen-bond donors (Lipinski definition) is 1. The average Bonchev–Trinajstić information content (AvgIpc) is 2.05. The van der Waals surface area contributed by atoms with Gasteiger partial charge in [-0.2, -0.15) is 0 Å². The number of para-hydroxylation sites is 1. The molecule has 0 saturated carbocycles. The van der Waals surface area contributed by atoms with Crippen LogP contribution in [0.15, 0.2) is 30.8 Å². The molecule has 0 unspecified atom stereocenters. The number of carbonyl (C=O) groups is 1. The van der Waals surface area contributed by atoms with Gasteiger partial charge in [0.05, 0.1) is 0 Å². The minimum absolute atomic E-state index is 0.668. The summed E-state index contributed by atoms with van der Waals surface area (Å²) >= 11 is 0. The molecule has 1 aromatic carbocycles. The van der Waals surface area contributed by atoms with Gasteiger partial charge in [0.1, 0.15) is 0 Å². The van der Waals surface area contributed by atoms with Crippen LogP contribution in [0.1, 0.15) is 12.5 Å². The highest BCUT2D eigenvalue weighted by Crippen LogP contribution is 2.20. The lowest BCUT2D eigenvalue weighted by Crippen LogP contribution is -1.96. The quantitative estimate of drug-likeness (QED) is 0.677. The molecule has 0 aromatic heterocycles. The molecule has 0 spiro atoms. The molecule has 2 nitrogen and oxygen atoms in total. The van der Waals surface area contributed by atoms with Crippen molar-refractivity contribution in [2.75, 3.05) is 5.32 Å². The lowest BCUT2D eigenvalue weighted by molar-refractivity contribution is -0.105. The smallest absolute Gasteiger partial charge is 0.211 e. The zero-order valence-electron chi connectivity index (χ0n) is 7.00. The molecule has 2 heteroatoms. The van der Waals surface area contributed by atoms with E-state index < -0.39 is 0 Å². The molecule has 0 bridgehead atoms. The van der Waals surface area contributed by atoms with Gasteiger partial charge < -0.3 is 5.32 Å². The highest BCUT2D eigenvalue weighted by atomic mass is 16.1. The molecule has 0 aliphatic carbocycles. The highest BCUT2D eigenvalue weighted by Gasteiger charge is 1.99. The molecule has 0 saturated heterocycles. The number of benzene rings is 1. The molecule has 1 amide bonds. The zero-order chi connectivity index (χ0) is 8.97. The molecule has 62 valence electrons. The van der Waals surface area contributed by atoms with Crippen molar-refractivity contribution in [2.45, 2.75) is 6.92 Å². The van der Waals surface area contributed by atoms with Crippen molar-refractivity contribution >= 4 is 17.7 Å². The van der Waals surface area contributed by atoms with Crippen LogP contribution in [0, 0.1) is 0 Å². The van der Waals surface area contributed by atoms with Gasteiger partial charge in [0.15, 0.2) is 0 Å². The van der Waals surface area contributed by atoms with Gasteiger partial charge in [-0.15, -0.1) is 0 Å². The summed E-state index contributed by atoms with van der Waals surface area (Å²) in [4.78, 5) is 10.2. The number of hydrogen-bond acceptors (Lipinski definition) is 1. The Bertz CT molecular complexity index is 304. The normalized spacial score (nSPS) is 9.08. The van der Waals surface area contributed by atoms with E-state index in [2.05, 4.69) is 11.9 Å². The van der Waals surface area contributed by atoms with E-state index in [-0.39, 0.29) is 0 Å². The highest BCUT2D eigenvalue weighted by molar-refractivity contribution is 5.81. The van der Waals surface area contributed by atoms with Crippen LogP contribution in [0.2, 0.25) is 0 Å². The molecule has 0 radical (unpaired) electrons. The first-order valence-corrected chi connectivity index (χ1v) is 3.71. The van der Waals surface area contributed by atoms with Crippen molar-refractivity contribution in [2.24, 2.45) is 0 Å². The van der Waals surface area contributed by atoms with Crippen LogP contribution in [0.4, 0.5) is 5.69 Å². The average molecular weight is 161 g/mol. The maximum Gasteiger partial charge on any atom is 0.211 e. The lowest BCUT2D eigenvalue weighted by atomic mass is 10.1. The van der Waals surface area contributed by atoms with Crippen molar-refractivity contribution in [3.63, 3.8) is 0 Å². The maximum absolute atomic E-state index is 10.2. The van der Waals surface area contributed by atoms with Crippen LogP contribution in [0.25, 0.3) is 5.57 Å². The summed E-state index contributed by atoms with van der Waals surface area (Å²) in [7, 11) is 0. The van der Waals surface area contributed by atoms with Crippen LogP contribution in [0.3, 0.4) is 0 Å². The Morgan fingerprint density at radius 2 is 2.17 bits per heavy atom. The van der Waals surface area contributed by atoms with Gasteiger partial charge in [-0.1, -0.05) is 24.8 Å². The minimum Gasteiger partial charge on any atom is -0.328 e. The van der Waals surface area contributed by atoms with Crippen molar-refractivity contribution in [1.29, 1.82) is 0 Å². The van der Waals surface area contributed by atoms with Crippen LogP contribution >= 0.6 is 0 Å². The number of nitrogens with one attached hydrogen (secondary N) is 1. The number of amides is 1. The summed E-state index contributed by atoms with van der Waals surface area (Å²) in [5, 5.41) is 2.62. The molecule has 1 rings (SSSR count). The Labute approximate surface area is 71.9 Å². The van der Waals surface area contributed by atoms with E-state index in [1.165, 1.54) is 0 Å². The summed E-state index contributed by atoms with van der Waals surface area (Å²) in [6.07, 6.45) is 0.668. The Morgan fingerprint density at radius 3 is 2.75 bits per heavy atom. The second-order valence-corrected chi connectivity index (χ2v) is 2.59. The summed E-state index contributed by atoms with van der Waals surface area (Å²) < 4.78 is 0. The van der Waals surface area contributed by atoms with Gasteiger partial charge in [-0.05, 0) is 18.6 Å². The van der Waals surface area contributed by atoms with Gasteiger partial charge in [-0.25, -0.2) is 0 Å². The number of rotatable bonds is 3. The SMILES string of the molecule is C=C(C)c1ccccc1NC=O. The first-order valence-electron chi connectivity index (χ1n) is 3.71. The lowest BCUT2D eigenvalue weighted by Gasteiger charge is -2.06. The predicted molar refractivity (Wildman–Crippen MR) is 50.8 cm³/mol. The van der Waals surface area contributed by atoms with Gasteiger partial charge in [0, 0.05) is 11.3 Å². The van der Waals surface area contributed by atoms with Crippen LogP contribution in [-0.4, -0.2) is 6.41 Å². The number of carbonyl (C=O) groups excluding carboxylic acids is 1. The van der Waals surface area contributed by atoms with E-state index in [0.29, 0.717) is 6.41 Å². The van der Waals surface area contributed by atoms with Crippen LogP contribution in [-0.2, 0) is 4.79 Å². The molecule has 0 atom stereocenters. The first-order chi connectivity index (χ1) is 5.75. The van der Waals surface area contributed by atoms with E-state index in [4.69, 9.17) is 0 Å². The van der Waals surface area contributed by atoms with E-state index in [1.54, 1.807) is 0 Å². The minimum atomic E-state index is 0.668. The molecular weight excluding hydrogens is 150 g/mol. The largest absolute Gasteiger partial charge is 0.328 e. The fourth-order valence-electron chi connectivity index (χ4n) is 1.04. The van der Waals surface area contributed by atoms with E-state index in [1.807, 2.05) is 31.2 Å². The topological polar surface area (TPSA) is 29.1 Å². The molecule has 1 aromatic rings. The molecular formula is C10H11NO. The van der Waals surface area contributed by atoms with Crippen molar-refractivity contribution < 1.29 is 4.79 Å². The third-order valence-electron chi connectivity index (χ3n) is 1.60. The molecule has 0 fully saturated rings. The van der Waals surface area contributed by atoms with Crippen LogP contribution in [0.5, 0.6) is 0 Å². The number of anilines is 1. The van der Waals surface area contributed by atoms with Crippen LogP contribution < -0.4 is 5.32 Å². The van der Waals surface area contributed by atoms with Gasteiger partial charge >= 0.3 is 0 Å². The Balaban J connectivity index is 3.07. The Kier molecular flexibility index (Phi) is 2.64. The summed E-state index contributed by atoms with van der Waals surface area (Å²) in [6, 6.07) is 7.56. The maximum atomic E-state index is 10.2. The van der Waals surface area contributed by atoms with Gasteiger partial charge in [-0.3, -0.25) is 4.79 Å². The molecule has 12 heavy (non-hydrogen) atoms. The molecule has 1 N–H and O–H groups in total. The molecule has 0 aliphatic rings. The second kappa shape index (κ2) is 3.72. The third kappa shape index (κ3) is 1.72. The van der Waals surface area contributed by atoms with E-state index in [0.717, 1.165) is 16.8 Å². The zero-order valence-corrected chi connectivity index (χ0v) is 7.00. The fraction of sp³-hybridized carbons (Fsp3) is 0.100. The fourth-order valence-corrected chi connectivity index (χ4v) is 1.04. The molecule has 0 aliphatic heterocycles. The van der Waals surface area contributed by atoms with Crippen molar-refractivity contribution in [3.05, 3.63) is 36.4 Å². The van der Waals surface area contributed by atoms with Gasteiger partial charge in [0.2, 0.25) is 6.41 Å². The predicted octanol–water partition coefficient (Wildman–Crippen LogP) is 2.29. The summed E-state index contributed by atoms with van der Waals surface area (Å²) in [5.74, 6) is 0. The summed E-state index contributed by atoms with van der Waals surface area (Å²) in [5.41, 5.74) is 2.73. The standard InChI is InChI=1S/C10H11NO/c1-8(2)9-5-3-4-6-10(9)11-7-12/h3-7H,1H2,2H3,(H,11,12). The monoisotopic (exact) mass is 161 g/mol.